The van der Waals surface area contributed by atoms with Gasteiger partial charge in [0.05, 0.1) is 5.69 Å². The smallest absolute Gasteiger partial charge is 0.186 e. The highest BCUT2D eigenvalue weighted by Gasteiger charge is 2.29. The number of aromatic nitrogens is 1. The van der Waals surface area contributed by atoms with Crippen molar-refractivity contribution in [2.75, 3.05) is 18.5 Å². The van der Waals surface area contributed by atoms with Crippen LogP contribution in [0.3, 0.4) is 0 Å². The summed E-state index contributed by atoms with van der Waals surface area (Å²) < 4.78 is 0. The van der Waals surface area contributed by atoms with Gasteiger partial charge in [0.2, 0.25) is 0 Å². The Hall–Kier alpha value is -1.39. The maximum atomic E-state index is 4.97. The first-order chi connectivity index (χ1) is 10.2. The zero-order valence-corrected chi connectivity index (χ0v) is 13.8. The zero-order valence-electron chi connectivity index (χ0n) is 13.0. The molecule has 1 fully saturated rings. The van der Waals surface area contributed by atoms with Gasteiger partial charge in [0.1, 0.15) is 0 Å². The van der Waals surface area contributed by atoms with Gasteiger partial charge in [-0.05, 0) is 26.3 Å². The molecule has 0 amide bonds. The first kappa shape index (κ1) is 14.5. The van der Waals surface area contributed by atoms with Crippen molar-refractivity contribution in [3.63, 3.8) is 0 Å². The topological polar surface area (TPSA) is 28.2 Å². The molecule has 1 aliphatic rings. The Morgan fingerprint density at radius 2 is 2.05 bits per heavy atom. The molecule has 0 bridgehead atoms. The van der Waals surface area contributed by atoms with E-state index >= 15 is 0 Å². The normalized spacial score (nSPS) is 22.0. The van der Waals surface area contributed by atoms with E-state index in [1.165, 1.54) is 22.0 Å². The first-order valence-corrected chi connectivity index (χ1v) is 8.47. The molecule has 2 heterocycles. The van der Waals surface area contributed by atoms with Crippen LogP contribution in [0.2, 0.25) is 0 Å². The highest BCUT2D eigenvalue weighted by atomic mass is 32.1. The summed E-state index contributed by atoms with van der Waals surface area (Å²) >= 11 is 1.83. The summed E-state index contributed by atoms with van der Waals surface area (Å²) in [5.41, 5.74) is 2.35. The number of thiazole rings is 1. The van der Waals surface area contributed by atoms with Crippen LogP contribution in [-0.2, 0) is 6.54 Å². The largest absolute Gasteiger partial charge is 0.345 e. The molecule has 0 spiro atoms. The number of nitrogens with one attached hydrogen (secondary N) is 1. The third kappa shape index (κ3) is 2.97. The fourth-order valence-electron chi connectivity index (χ4n) is 3.13. The molecule has 1 saturated heterocycles. The molecule has 0 saturated carbocycles. The van der Waals surface area contributed by atoms with Crippen molar-refractivity contribution in [3.05, 3.63) is 35.2 Å². The van der Waals surface area contributed by atoms with E-state index in [2.05, 4.69) is 54.4 Å². The number of anilines is 1. The maximum absolute atomic E-state index is 4.97. The Bertz CT molecular complexity index is 593. The maximum Gasteiger partial charge on any atom is 0.186 e. The molecule has 3 rings (SSSR count). The quantitative estimate of drug-likeness (QED) is 0.932. The summed E-state index contributed by atoms with van der Waals surface area (Å²) in [7, 11) is 1.99. The van der Waals surface area contributed by atoms with Crippen LogP contribution in [0.4, 0.5) is 5.13 Å². The molecule has 1 aromatic carbocycles. The third-order valence-electron chi connectivity index (χ3n) is 4.10. The predicted octanol–water partition coefficient (Wildman–Crippen LogP) is 3.76. The van der Waals surface area contributed by atoms with Crippen molar-refractivity contribution < 1.29 is 0 Å². The molecule has 1 N–H and O–H groups in total. The van der Waals surface area contributed by atoms with E-state index in [4.69, 9.17) is 4.98 Å². The van der Waals surface area contributed by atoms with Gasteiger partial charge < -0.3 is 10.2 Å². The van der Waals surface area contributed by atoms with E-state index in [-0.39, 0.29) is 0 Å². The second kappa shape index (κ2) is 6.16. The Balaban J connectivity index is 1.97. The second-order valence-corrected chi connectivity index (χ2v) is 7.07. The van der Waals surface area contributed by atoms with Gasteiger partial charge in [0.15, 0.2) is 5.13 Å². The van der Waals surface area contributed by atoms with Gasteiger partial charge in [-0.3, -0.25) is 0 Å². The lowest BCUT2D eigenvalue weighted by Gasteiger charge is -2.20. The van der Waals surface area contributed by atoms with E-state index in [0.29, 0.717) is 6.04 Å². The van der Waals surface area contributed by atoms with Gasteiger partial charge in [0, 0.05) is 29.6 Å². The Morgan fingerprint density at radius 3 is 2.67 bits per heavy atom. The number of rotatable bonds is 4. The summed E-state index contributed by atoms with van der Waals surface area (Å²) in [5, 5.41) is 4.45. The van der Waals surface area contributed by atoms with Gasteiger partial charge in [0.25, 0.3) is 0 Å². The van der Waals surface area contributed by atoms with Crippen LogP contribution in [0, 0.1) is 5.92 Å². The summed E-state index contributed by atoms with van der Waals surface area (Å²) in [6.07, 6.45) is 1.27. The minimum absolute atomic E-state index is 0.595. The van der Waals surface area contributed by atoms with E-state index in [1.807, 2.05) is 18.4 Å². The first-order valence-electron chi connectivity index (χ1n) is 7.65. The van der Waals surface area contributed by atoms with Crippen molar-refractivity contribution in [2.24, 2.45) is 5.92 Å². The van der Waals surface area contributed by atoms with E-state index in [1.54, 1.807) is 0 Å². The molecule has 21 heavy (non-hydrogen) atoms. The summed E-state index contributed by atoms with van der Waals surface area (Å²) in [6.45, 7) is 6.64. The van der Waals surface area contributed by atoms with Crippen LogP contribution in [0.15, 0.2) is 30.3 Å². The van der Waals surface area contributed by atoms with Crippen LogP contribution in [-0.4, -0.2) is 24.6 Å². The summed E-state index contributed by atoms with van der Waals surface area (Å²) in [6, 6.07) is 11.1. The molecule has 0 radical (unpaired) electrons. The lowest BCUT2D eigenvalue weighted by atomic mass is 10.1. The monoisotopic (exact) mass is 301 g/mol. The molecule has 3 nitrogen and oxygen atoms in total. The lowest BCUT2D eigenvalue weighted by molar-refractivity contribution is 0.625. The summed E-state index contributed by atoms with van der Waals surface area (Å²) in [4.78, 5) is 8.77. The highest BCUT2D eigenvalue weighted by Crippen LogP contribution is 2.37. The van der Waals surface area contributed by atoms with E-state index in [0.717, 1.165) is 24.7 Å². The molecule has 112 valence electrons. The standard InChI is InChI=1S/C17H23N3S/c1-12-9-13(2)20(11-12)17-19-16(15(21-17)10-18-3)14-7-5-4-6-8-14/h4-8,12-13,18H,9-11H2,1-3H3. The SMILES string of the molecule is CNCc1sc(N2CC(C)CC2C)nc1-c1ccccc1. The fourth-order valence-corrected chi connectivity index (χ4v) is 4.34. The van der Waals surface area contributed by atoms with Crippen molar-refractivity contribution >= 4 is 16.5 Å². The number of nitrogens with zero attached hydrogens (tertiary/aromatic N) is 2. The van der Waals surface area contributed by atoms with Crippen LogP contribution in [0.25, 0.3) is 11.3 Å². The number of hydrogen-bond donors (Lipinski definition) is 1. The molecule has 1 aliphatic heterocycles. The molecular formula is C17H23N3S. The highest BCUT2D eigenvalue weighted by molar-refractivity contribution is 7.16. The van der Waals surface area contributed by atoms with Crippen LogP contribution in [0.5, 0.6) is 0 Å². The average Bonchev–Trinajstić information content (AvgIpc) is 3.03. The molecule has 0 aliphatic carbocycles. The minimum Gasteiger partial charge on any atom is -0.345 e. The second-order valence-electron chi connectivity index (χ2n) is 6.01. The Kier molecular flexibility index (Phi) is 4.27. The number of benzene rings is 1. The molecule has 2 atom stereocenters. The predicted molar refractivity (Wildman–Crippen MR) is 90.9 cm³/mol. The molecule has 2 aromatic rings. The van der Waals surface area contributed by atoms with Crippen LogP contribution in [0.1, 0.15) is 25.1 Å². The summed E-state index contributed by atoms with van der Waals surface area (Å²) in [5.74, 6) is 0.761. The Morgan fingerprint density at radius 1 is 1.29 bits per heavy atom. The lowest BCUT2D eigenvalue weighted by Crippen LogP contribution is -2.26. The van der Waals surface area contributed by atoms with Crippen LogP contribution < -0.4 is 10.2 Å². The van der Waals surface area contributed by atoms with Gasteiger partial charge >= 0.3 is 0 Å². The van der Waals surface area contributed by atoms with Crippen molar-refractivity contribution in [2.45, 2.75) is 32.9 Å². The van der Waals surface area contributed by atoms with Gasteiger partial charge in [-0.1, -0.05) is 48.6 Å². The van der Waals surface area contributed by atoms with Crippen molar-refractivity contribution in [1.29, 1.82) is 0 Å². The fraction of sp³-hybridized carbons (Fsp3) is 0.471. The van der Waals surface area contributed by atoms with Gasteiger partial charge in [-0.2, -0.15) is 0 Å². The number of hydrogen-bond acceptors (Lipinski definition) is 4. The molecule has 4 heteroatoms. The van der Waals surface area contributed by atoms with Gasteiger partial charge in [-0.15, -0.1) is 0 Å². The van der Waals surface area contributed by atoms with Gasteiger partial charge in [-0.25, -0.2) is 4.98 Å². The molecule has 1 aromatic heterocycles. The molecular weight excluding hydrogens is 278 g/mol. The average molecular weight is 301 g/mol. The van der Waals surface area contributed by atoms with E-state index in [9.17, 15) is 0 Å². The van der Waals surface area contributed by atoms with Crippen molar-refractivity contribution in [3.8, 4) is 11.3 Å². The van der Waals surface area contributed by atoms with Crippen molar-refractivity contribution in [1.82, 2.24) is 10.3 Å². The Labute approximate surface area is 131 Å². The minimum atomic E-state index is 0.595. The molecule has 2 unspecified atom stereocenters. The zero-order chi connectivity index (χ0) is 14.8. The third-order valence-corrected chi connectivity index (χ3v) is 5.19. The van der Waals surface area contributed by atoms with E-state index < -0.39 is 0 Å². The van der Waals surface area contributed by atoms with Crippen LogP contribution >= 0.6 is 11.3 Å².